The van der Waals surface area contributed by atoms with Crippen LogP contribution in [0.3, 0.4) is 0 Å². The Bertz CT molecular complexity index is 390. The quantitative estimate of drug-likeness (QED) is 0.680. The van der Waals surface area contributed by atoms with Crippen molar-refractivity contribution in [1.82, 2.24) is 5.32 Å². The zero-order valence-electron chi connectivity index (χ0n) is 11.0. The smallest absolute Gasteiger partial charge is 0.283 e. The van der Waals surface area contributed by atoms with Gasteiger partial charge >= 0.3 is 0 Å². The first-order valence-electron chi connectivity index (χ1n) is 6.42. The van der Waals surface area contributed by atoms with Crippen LogP contribution >= 0.6 is 0 Å². The van der Waals surface area contributed by atoms with Gasteiger partial charge in [-0.1, -0.05) is 30.3 Å². The normalized spacial score (nSPS) is 21.9. The number of carbonyl (C=O) groups is 1. The number of benzene rings is 1. The number of nitrogens with one attached hydrogen (secondary N) is 1. The fraction of sp³-hybridized carbons (Fsp3) is 0.500. The monoisotopic (exact) mass is 268 g/mol. The maximum atomic E-state index is 12.2. The van der Waals surface area contributed by atoms with Gasteiger partial charge in [-0.15, -0.1) is 0 Å². The number of nitrogens with zero attached hydrogens (tertiary/aromatic N) is 1. The summed E-state index contributed by atoms with van der Waals surface area (Å²) in [6.45, 7) is 8.19. The molecule has 100 valence electrons. The summed E-state index contributed by atoms with van der Waals surface area (Å²) in [5.74, 6) is 0.172. The van der Waals surface area contributed by atoms with Gasteiger partial charge in [0.25, 0.3) is 5.91 Å². The van der Waals surface area contributed by atoms with E-state index < -0.39 is 0 Å². The van der Waals surface area contributed by atoms with Gasteiger partial charge in [-0.3, -0.25) is 4.79 Å². The number of halogens is 1. The van der Waals surface area contributed by atoms with Gasteiger partial charge in [0, 0.05) is 5.56 Å². The van der Waals surface area contributed by atoms with Crippen LogP contribution in [0.4, 0.5) is 0 Å². The zero-order valence-corrected chi connectivity index (χ0v) is 11.8. The van der Waals surface area contributed by atoms with E-state index in [4.69, 9.17) is 0 Å². The summed E-state index contributed by atoms with van der Waals surface area (Å²) < 4.78 is 0.871. The molecular weight excluding hydrogens is 248 g/mol. The van der Waals surface area contributed by atoms with Crippen molar-refractivity contribution in [3.8, 4) is 0 Å². The van der Waals surface area contributed by atoms with Crippen LogP contribution in [-0.4, -0.2) is 36.6 Å². The lowest BCUT2D eigenvalue weighted by Crippen LogP contribution is -3.00. The summed E-state index contributed by atoms with van der Waals surface area (Å²) in [4.78, 5) is 12.2. The first kappa shape index (κ1) is 15.0. The minimum Gasteiger partial charge on any atom is -1.00 e. The van der Waals surface area contributed by atoms with Crippen molar-refractivity contribution in [1.29, 1.82) is 0 Å². The molecule has 1 saturated heterocycles. The topological polar surface area (TPSA) is 29.1 Å². The number of quaternary nitrogens is 1. The molecule has 0 bridgehead atoms. The van der Waals surface area contributed by atoms with E-state index in [0.29, 0.717) is 0 Å². The number of hydrogen-bond donors (Lipinski definition) is 1. The van der Waals surface area contributed by atoms with Crippen LogP contribution in [0.5, 0.6) is 0 Å². The predicted molar refractivity (Wildman–Crippen MR) is 68.4 cm³/mol. The van der Waals surface area contributed by atoms with Crippen LogP contribution in [-0.2, 0) is 4.79 Å². The van der Waals surface area contributed by atoms with Gasteiger partial charge in [-0.25, -0.2) is 0 Å². The van der Waals surface area contributed by atoms with Gasteiger partial charge in [-0.2, -0.15) is 0 Å². The number of likely N-dealkylation sites (N-methyl/N-ethyl adjacent to an activating group) is 1. The van der Waals surface area contributed by atoms with Crippen molar-refractivity contribution in [2.24, 2.45) is 0 Å². The van der Waals surface area contributed by atoms with Gasteiger partial charge in [0.2, 0.25) is 0 Å². The van der Waals surface area contributed by atoms with E-state index in [9.17, 15) is 4.79 Å². The van der Waals surface area contributed by atoms with Crippen molar-refractivity contribution >= 4 is 5.91 Å². The molecule has 4 heteroatoms. The van der Waals surface area contributed by atoms with Crippen LogP contribution in [0.25, 0.3) is 0 Å². The Labute approximate surface area is 115 Å². The van der Waals surface area contributed by atoms with Crippen LogP contribution in [0.1, 0.15) is 25.5 Å². The molecule has 1 aromatic rings. The SMILES string of the molecule is CC[N+]1(CC)CCNC(=O)C1c1ccccc1.[Cl-]. The summed E-state index contributed by atoms with van der Waals surface area (Å²) in [6.07, 6.45) is 0. The van der Waals surface area contributed by atoms with E-state index in [1.807, 2.05) is 18.2 Å². The molecule has 18 heavy (non-hydrogen) atoms. The Morgan fingerprint density at radius 3 is 2.39 bits per heavy atom. The second-order valence-corrected chi connectivity index (χ2v) is 4.68. The molecule has 1 N–H and O–H groups in total. The summed E-state index contributed by atoms with van der Waals surface area (Å²) in [6, 6.07) is 10.1. The average Bonchev–Trinajstić information content (AvgIpc) is 2.39. The Balaban J connectivity index is 0.00000162. The highest BCUT2D eigenvalue weighted by atomic mass is 35.5. The first-order valence-corrected chi connectivity index (χ1v) is 6.42. The lowest BCUT2D eigenvalue weighted by atomic mass is 9.99. The maximum Gasteiger partial charge on any atom is 0.283 e. The zero-order chi connectivity index (χ0) is 12.3. The molecule has 0 aromatic heterocycles. The lowest BCUT2D eigenvalue weighted by Gasteiger charge is -2.45. The van der Waals surface area contributed by atoms with Crippen LogP contribution in [0, 0.1) is 0 Å². The van der Waals surface area contributed by atoms with Gasteiger partial charge < -0.3 is 22.2 Å². The standard InChI is InChI=1S/C14H20N2O.ClH/c1-3-16(4-2)11-10-15-14(17)13(16)12-8-6-5-7-9-12;/h5-9,13H,3-4,10-11H2,1-2H3;1H. The number of hydrogen-bond acceptors (Lipinski definition) is 1. The van der Waals surface area contributed by atoms with Crippen molar-refractivity contribution in [3.63, 3.8) is 0 Å². The highest BCUT2D eigenvalue weighted by Gasteiger charge is 2.43. The van der Waals surface area contributed by atoms with E-state index in [1.165, 1.54) is 0 Å². The summed E-state index contributed by atoms with van der Waals surface area (Å²) in [5.41, 5.74) is 1.13. The maximum absolute atomic E-state index is 12.2. The molecule has 1 atom stereocenters. The Hall–Kier alpha value is -1.06. The Morgan fingerprint density at radius 1 is 1.22 bits per heavy atom. The molecule has 0 spiro atoms. The van der Waals surface area contributed by atoms with E-state index >= 15 is 0 Å². The van der Waals surface area contributed by atoms with Crippen molar-refractivity contribution in [2.75, 3.05) is 26.2 Å². The second-order valence-electron chi connectivity index (χ2n) is 4.68. The van der Waals surface area contributed by atoms with Crippen LogP contribution in [0.2, 0.25) is 0 Å². The molecule has 1 aromatic carbocycles. The molecular formula is C14H21ClN2O. The fourth-order valence-corrected chi connectivity index (χ4v) is 2.88. The average molecular weight is 269 g/mol. The third-order valence-electron chi connectivity index (χ3n) is 4.03. The highest BCUT2D eigenvalue weighted by Crippen LogP contribution is 2.30. The van der Waals surface area contributed by atoms with Crippen molar-refractivity contribution in [2.45, 2.75) is 19.9 Å². The van der Waals surface area contributed by atoms with Gasteiger partial charge in [0.1, 0.15) is 0 Å². The van der Waals surface area contributed by atoms with E-state index in [-0.39, 0.29) is 24.4 Å². The molecule has 0 saturated carbocycles. The minimum absolute atomic E-state index is 0. The summed E-state index contributed by atoms with van der Waals surface area (Å²) in [7, 11) is 0. The van der Waals surface area contributed by atoms with Crippen molar-refractivity contribution < 1.29 is 21.7 Å². The number of carbonyl (C=O) groups excluding carboxylic acids is 1. The molecule has 1 heterocycles. The van der Waals surface area contributed by atoms with E-state index in [1.54, 1.807) is 0 Å². The van der Waals surface area contributed by atoms with E-state index in [0.717, 1.165) is 36.2 Å². The first-order chi connectivity index (χ1) is 8.23. The molecule has 0 radical (unpaired) electrons. The molecule has 0 aliphatic carbocycles. The Kier molecular flexibility index (Phi) is 5.17. The fourth-order valence-electron chi connectivity index (χ4n) is 2.88. The molecule has 1 aliphatic heterocycles. The van der Waals surface area contributed by atoms with Gasteiger partial charge in [0.15, 0.2) is 6.04 Å². The number of piperazine rings is 1. The largest absolute Gasteiger partial charge is 1.00 e. The van der Waals surface area contributed by atoms with Crippen LogP contribution in [0.15, 0.2) is 30.3 Å². The third kappa shape index (κ3) is 2.52. The number of rotatable bonds is 3. The number of amides is 1. The molecule has 2 rings (SSSR count). The predicted octanol–water partition coefficient (Wildman–Crippen LogP) is -1.28. The van der Waals surface area contributed by atoms with Gasteiger partial charge in [-0.05, 0) is 13.8 Å². The third-order valence-corrected chi connectivity index (χ3v) is 4.03. The van der Waals surface area contributed by atoms with Gasteiger partial charge in [0.05, 0.1) is 26.2 Å². The minimum atomic E-state index is -0.0417. The molecule has 1 amide bonds. The molecule has 3 nitrogen and oxygen atoms in total. The molecule has 1 fully saturated rings. The molecule has 1 aliphatic rings. The Morgan fingerprint density at radius 2 is 1.83 bits per heavy atom. The highest BCUT2D eigenvalue weighted by molar-refractivity contribution is 5.82. The summed E-state index contributed by atoms with van der Waals surface area (Å²) >= 11 is 0. The van der Waals surface area contributed by atoms with Crippen LogP contribution < -0.4 is 17.7 Å². The molecule has 1 unspecified atom stereocenters. The summed E-state index contributed by atoms with van der Waals surface area (Å²) in [5, 5.41) is 3.00. The van der Waals surface area contributed by atoms with Crippen molar-refractivity contribution in [3.05, 3.63) is 35.9 Å². The lowest BCUT2D eigenvalue weighted by molar-refractivity contribution is -0.946. The van der Waals surface area contributed by atoms with E-state index in [2.05, 4.69) is 31.3 Å². The second kappa shape index (κ2) is 6.21.